The van der Waals surface area contributed by atoms with Crippen LogP contribution in [0.5, 0.6) is 0 Å². The predicted octanol–water partition coefficient (Wildman–Crippen LogP) is 0.764. The molecule has 2 aliphatic rings. The summed E-state index contributed by atoms with van der Waals surface area (Å²) in [4.78, 5) is 5.09. The molecule has 2 heterocycles. The number of nitrogens with zero attached hydrogens (tertiary/aromatic N) is 2. The highest BCUT2D eigenvalue weighted by atomic mass is 15.3. The van der Waals surface area contributed by atoms with Gasteiger partial charge in [-0.05, 0) is 40.3 Å². The lowest BCUT2D eigenvalue weighted by molar-refractivity contribution is 0.0768. The van der Waals surface area contributed by atoms with Gasteiger partial charge < -0.3 is 10.2 Å². The fourth-order valence-corrected chi connectivity index (χ4v) is 2.95. The predicted molar refractivity (Wildman–Crippen MR) is 64.2 cm³/mol. The van der Waals surface area contributed by atoms with Crippen molar-refractivity contribution in [3.05, 3.63) is 0 Å². The highest BCUT2D eigenvalue weighted by Gasteiger charge is 2.33. The van der Waals surface area contributed by atoms with E-state index in [2.05, 4.69) is 36.0 Å². The van der Waals surface area contributed by atoms with E-state index >= 15 is 0 Å². The molecule has 2 atom stereocenters. The molecule has 0 radical (unpaired) electrons. The Morgan fingerprint density at radius 1 is 1.40 bits per heavy atom. The highest BCUT2D eigenvalue weighted by molar-refractivity contribution is 4.93. The van der Waals surface area contributed by atoms with Gasteiger partial charge in [0, 0.05) is 37.8 Å². The monoisotopic (exact) mass is 211 g/mol. The van der Waals surface area contributed by atoms with Crippen LogP contribution in [-0.2, 0) is 0 Å². The van der Waals surface area contributed by atoms with Gasteiger partial charge in [-0.3, -0.25) is 4.90 Å². The minimum Gasteiger partial charge on any atom is -0.310 e. The van der Waals surface area contributed by atoms with Crippen LogP contribution in [0.1, 0.15) is 26.7 Å². The minimum atomic E-state index is 0.379. The largest absolute Gasteiger partial charge is 0.310 e. The Labute approximate surface area is 93.8 Å². The molecule has 2 rings (SSSR count). The van der Waals surface area contributed by atoms with E-state index in [4.69, 9.17) is 0 Å². The molecule has 88 valence electrons. The second-order valence-corrected chi connectivity index (χ2v) is 5.67. The number of piperazine rings is 1. The third-order valence-corrected chi connectivity index (χ3v) is 3.98. The van der Waals surface area contributed by atoms with Crippen LogP contribution in [0.15, 0.2) is 0 Å². The van der Waals surface area contributed by atoms with Crippen molar-refractivity contribution in [2.75, 3.05) is 39.8 Å². The summed E-state index contributed by atoms with van der Waals surface area (Å²) in [5.41, 5.74) is 0.379. The number of rotatable bonds is 2. The first-order chi connectivity index (χ1) is 7.09. The maximum Gasteiger partial charge on any atom is 0.0281 e. The molecule has 0 aromatic carbocycles. The Balaban J connectivity index is 1.88. The van der Waals surface area contributed by atoms with Crippen LogP contribution >= 0.6 is 0 Å². The van der Waals surface area contributed by atoms with Gasteiger partial charge in [0.15, 0.2) is 0 Å². The lowest BCUT2D eigenvalue weighted by Gasteiger charge is -2.42. The standard InChI is InChI=1S/C12H25N3/c1-11-9-14(3)7-8-15(11)10-12(2)5-4-6-13-12/h11,13H,4-10H2,1-3H3. The molecule has 0 saturated carbocycles. The van der Waals surface area contributed by atoms with Gasteiger partial charge in [-0.25, -0.2) is 0 Å². The molecule has 0 aromatic rings. The normalized spacial score (nSPS) is 39.8. The average molecular weight is 211 g/mol. The molecule has 0 aromatic heterocycles. The summed E-state index contributed by atoms with van der Waals surface area (Å²) in [5, 5.41) is 3.66. The maximum absolute atomic E-state index is 3.66. The van der Waals surface area contributed by atoms with Gasteiger partial charge in [-0.1, -0.05) is 0 Å². The smallest absolute Gasteiger partial charge is 0.0281 e. The van der Waals surface area contributed by atoms with E-state index in [1.165, 1.54) is 45.6 Å². The first-order valence-electron chi connectivity index (χ1n) is 6.27. The molecule has 3 nitrogen and oxygen atoms in total. The van der Waals surface area contributed by atoms with E-state index in [9.17, 15) is 0 Å². The summed E-state index contributed by atoms with van der Waals surface area (Å²) in [7, 11) is 2.23. The molecule has 3 heteroatoms. The lowest BCUT2D eigenvalue weighted by Crippen LogP contribution is -2.56. The van der Waals surface area contributed by atoms with Crippen LogP contribution in [0.2, 0.25) is 0 Å². The van der Waals surface area contributed by atoms with E-state index in [0.29, 0.717) is 11.6 Å². The molecule has 2 unspecified atom stereocenters. The van der Waals surface area contributed by atoms with E-state index < -0.39 is 0 Å². The van der Waals surface area contributed by atoms with Crippen LogP contribution in [0, 0.1) is 0 Å². The van der Waals surface area contributed by atoms with Crippen molar-refractivity contribution in [1.29, 1.82) is 0 Å². The molecule has 2 aliphatic heterocycles. The molecular weight excluding hydrogens is 186 g/mol. The van der Waals surface area contributed by atoms with Gasteiger partial charge in [-0.15, -0.1) is 0 Å². The Kier molecular flexibility index (Phi) is 3.33. The molecule has 0 spiro atoms. The minimum absolute atomic E-state index is 0.379. The Bertz CT molecular complexity index is 211. The average Bonchev–Trinajstić information content (AvgIpc) is 2.58. The maximum atomic E-state index is 3.66. The van der Waals surface area contributed by atoms with Crippen molar-refractivity contribution in [2.24, 2.45) is 0 Å². The topological polar surface area (TPSA) is 18.5 Å². The summed E-state index contributed by atoms with van der Waals surface area (Å²) >= 11 is 0. The molecule has 2 fully saturated rings. The summed E-state index contributed by atoms with van der Waals surface area (Å²) in [6.45, 7) is 10.8. The zero-order valence-corrected chi connectivity index (χ0v) is 10.4. The van der Waals surface area contributed by atoms with Gasteiger partial charge in [0.1, 0.15) is 0 Å². The zero-order chi connectivity index (χ0) is 10.9. The summed E-state index contributed by atoms with van der Waals surface area (Å²) in [6, 6.07) is 0.711. The molecule has 2 saturated heterocycles. The first kappa shape index (κ1) is 11.4. The fraction of sp³-hybridized carbons (Fsp3) is 1.00. The number of nitrogens with one attached hydrogen (secondary N) is 1. The first-order valence-corrected chi connectivity index (χ1v) is 6.27. The molecule has 0 bridgehead atoms. The Morgan fingerprint density at radius 2 is 2.20 bits per heavy atom. The van der Waals surface area contributed by atoms with Crippen molar-refractivity contribution >= 4 is 0 Å². The van der Waals surface area contributed by atoms with E-state index in [0.717, 1.165) is 0 Å². The zero-order valence-electron chi connectivity index (χ0n) is 10.4. The van der Waals surface area contributed by atoms with Gasteiger partial charge >= 0.3 is 0 Å². The second-order valence-electron chi connectivity index (χ2n) is 5.67. The van der Waals surface area contributed by atoms with E-state index in [-0.39, 0.29) is 0 Å². The van der Waals surface area contributed by atoms with Crippen molar-refractivity contribution < 1.29 is 0 Å². The quantitative estimate of drug-likeness (QED) is 0.728. The summed E-state index contributed by atoms with van der Waals surface area (Å²) < 4.78 is 0. The van der Waals surface area contributed by atoms with Crippen LogP contribution < -0.4 is 5.32 Å². The van der Waals surface area contributed by atoms with Crippen molar-refractivity contribution in [3.63, 3.8) is 0 Å². The molecule has 1 N–H and O–H groups in total. The summed E-state index contributed by atoms with van der Waals surface area (Å²) in [5.74, 6) is 0. The van der Waals surface area contributed by atoms with Crippen molar-refractivity contribution in [1.82, 2.24) is 15.1 Å². The summed E-state index contributed by atoms with van der Waals surface area (Å²) in [6.07, 6.45) is 2.69. The van der Waals surface area contributed by atoms with Crippen LogP contribution in [0.4, 0.5) is 0 Å². The van der Waals surface area contributed by atoms with Crippen LogP contribution in [0.25, 0.3) is 0 Å². The molecular formula is C12H25N3. The number of likely N-dealkylation sites (N-methyl/N-ethyl adjacent to an activating group) is 1. The molecule has 15 heavy (non-hydrogen) atoms. The number of hydrogen-bond acceptors (Lipinski definition) is 3. The van der Waals surface area contributed by atoms with E-state index in [1.807, 2.05) is 0 Å². The van der Waals surface area contributed by atoms with Gasteiger partial charge in [0.25, 0.3) is 0 Å². The fourth-order valence-electron chi connectivity index (χ4n) is 2.95. The highest BCUT2D eigenvalue weighted by Crippen LogP contribution is 2.21. The Morgan fingerprint density at radius 3 is 2.80 bits per heavy atom. The van der Waals surface area contributed by atoms with Gasteiger partial charge in [0.05, 0.1) is 0 Å². The number of hydrogen-bond donors (Lipinski definition) is 1. The third kappa shape index (κ3) is 2.71. The third-order valence-electron chi connectivity index (χ3n) is 3.98. The van der Waals surface area contributed by atoms with Crippen molar-refractivity contribution in [2.45, 2.75) is 38.3 Å². The van der Waals surface area contributed by atoms with Crippen molar-refractivity contribution in [3.8, 4) is 0 Å². The lowest BCUT2D eigenvalue weighted by atomic mass is 9.98. The van der Waals surface area contributed by atoms with Crippen LogP contribution in [-0.4, -0.2) is 61.2 Å². The van der Waals surface area contributed by atoms with Gasteiger partial charge in [0.2, 0.25) is 0 Å². The molecule has 0 amide bonds. The van der Waals surface area contributed by atoms with Crippen LogP contribution in [0.3, 0.4) is 0 Å². The van der Waals surface area contributed by atoms with Gasteiger partial charge in [-0.2, -0.15) is 0 Å². The second kappa shape index (κ2) is 4.40. The molecule has 0 aliphatic carbocycles. The Hall–Kier alpha value is -0.120. The van der Waals surface area contributed by atoms with E-state index in [1.54, 1.807) is 0 Å². The SMILES string of the molecule is CC1CN(C)CCN1CC1(C)CCCN1.